The summed E-state index contributed by atoms with van der Waals surface area (Å²) in [5.41, 5.74) is 1.54. The van der Waals surface area contributed by atoms with E-state index in [1.165, 1.54) is 19.2 Å². The van der Waals surface area contributed by atoms with Crippen LogP contribution in [0.3, 0.4) is 0 Å². The van der Waals surface area contributed by atoms with Crippen molar-refractivity contribution in [2.45, 2.75) is 11.0 Å². The molecule has 0 bridgehead atoms. The Balaban J connectivity index is 1.98. The zero-order chi connectivity index (χ0) is 20.6. The Hall–Kier alpha value is -2.68. The largest absolute Gasteiger partial charge is 0.481 e. The van der Waals surface area contributed by atoms with E-state index in [4.69, 9.17) is 4.74 Å². The third kappa shape index (κ3) is 3.55. The first kappa shape index (κ1) is 19.6. The van der Waals surface area contributed by atoms with E-state index in [0.29, 0.717) is 22.5 Å². The van der Waals surface area contributed by atoms with E-state index >= 15 is 0 Å². The van der Waals surface area contributed by atoms with Crippen molar-refractivity contribution in [3.8, 4) is 5.88 Å². The van der Waals surface area contributed by atoms with Gasteiger partial charge in [0.15, 0.2) is 0 Å². The molecule has 0 aliphatic rings. The van der Waals surface area contributed by atoms with Gasteiger partial charge in [-0.3, -0.25) is 0 Å². The summed E-state index contributed by atoms with van der Waals surface area (Å²) in [6.45, 7) is 0. The second-order valence-corrected chi connectivity index (χ2v) is 9.07. The normalized spacial score (nSPS) is 12.8. The summed E-state index contributed by atoms with van der Waals surface area (Å²) >= 11 is 3.37. The van der Waals surface area contributed by atoms with Gasteiger partial charge in [0.25, 0.3) is 10.0 Å². The van der Waals surface area contributed by atoms with Crippen molar-refractivity contribution in [3.05, 3.63) is 88.5 Å². The van der Waals surface area contributed by atoms with E-state index in [1.54, 1.807) is 60.7 Å². The molecule has 0 radical (unpaired) electrons. The highest BCUT2D eigenvalue weighted by molar-refractivity contribution is 9.10. The van der Waals surface area contributed by atoms with Crippen molar-refractivity contribution in [1.82, 2.24) is 8.96 Å². The van der Waals surface area contributed by atoms with E-state index in [-0.39, 0.29) is 10.6 Å². The average Bonchev–Trinajstić information content (AvgIpc) is 3.13. The lowest BCUT2D eigenvalue weighted by Gasteiger charge is -2.16. The monoisotopic (exact) mass is 472 g/mol. The van der Waals surface area contributed by atoms with Crippen LogP contribution in [0.4, 0.5) is 0 Å². The van der Waals surface area contributed by atoms with Gasteiger partial charge < -0.3 is 9.84 Å². The van der Waals surface area contributed by atoms with Gasteiger partial charge in [-0.15, -0.1) is 0 Å². The lowest BCUT2D eigenvalue weighted by molar-refractivity contribution is 0.214. The maximum Gasteiger partial charge on any atom is 0.268 e. The van der Waals surface area contributed by atoms with Gasteiger partial charge in [0, 0.05) is 10.5 Å². The summed E-state index contributed by atoms with van der Waals surface area (Å²) < 4.78 is 34.1. The fraction of sp³-hybridized carbons (Fsp3) is 0.0952. The second kappa shape index (κ2) is 7.62. The maximum atomic E-state index is 13.5. The van der Waals surface area contributed by atoms with Crippen molar-refractivity contribution in [1.29, 1.82) is 0 Å². The average molecular weight is 473 g/mol. The highest BCUT2D eigenvalue weighted by Crippen LogP contribution is 2.32. The van der Waals surface area contributed by atoms with Crippen LogP contribution in [0, 0.1) is 0 Å². The fourth-order valence-corrected chi connectivity index (χ4v) is 4.97. The molecule has 0 aliphatic heterocycles. The van der Waals surface area contributed by atoms with E-state index in [9.17, 15) is 13.5 Å². The Morgan fingerprint density at radius 3 is 2.38 bits per heavy atom. The number of fused-ring (bicyclic) bond motifs is 1. The van der Waals surface area contributed by atoms with Gasteiger partial charge >= 0.3 is 0 Å². The molecule has 148 valence electrons. The number of rotatable bonds is 5. The second-order valence-electron chi connectivity index (χ2n) is 6.36. The predicted octanol–water partition coefficient (Wildman–Crippen LogP) is 4.13. The first-order valence-electron chi connectivity index (χ1n) is 8.72. The minimum atomic E-state index is -3.97. The van der Waals surface area contributed by atoms with E-state index in [2.05, 4.69) is 20.9 Å². The number of aromatic nitrogens is 2. The van der Waals surface area contributed by atoms with E-state index in [1.807, 2.05) is 0 Å². The van der Waals surface area contributed by atoms with Crippen molar-refractivity contribution < 1.29 is 18.3 Å². The number of ether oxygens (including phenoxy) is 1. The minimum absolute atomic E-state index is 0.123. The number of benzene rings is 2. The molecule has 8 heteroatoms. The van der Waals surface area contributed by atoms with Gasteiger partial charge in [-0.1, -0.05) is 46.3 Å². The molecule has 2 aromatic heterocycles. The van der Waals surface area contributed by atoms with Gasteiger partial charge in [0.05, 0.1) is 28.7 Å². The SMILES string of the molecule is COc1ccc2c(cc(C(O)c3ccc(Br)cc3)n2S(=O)(=O)c2ccccc2)n1. The zero-order valence-electron chi connectivity index (χ0n) is 15.4. The highest BCUT2D eigenvalue weighted by atomic mass is 79.9. The van der Waals surface area contributed by atoms with Crippen LogP contribution in [0.5, 0.6) is 5.88 Å². The topological polar surface area (TPSA) is 81.4 Å². The molecule has 1 unspecified atom stereocenters. The van der Waals surface area contributed by atoms with Crippen LogP contribution in [-0.4, -0.2) is 29.6 Å². The first-order valence-corrected chi connectivity index (χ1v) is 11.0. The summed E-state index contributed by atoms with van der Waals surface area (Å²) in [5.74, 6) is 0.358. The number of methoxy groups -OCH3 is 1. The van der Waals surface area contributed by atoms with Crippen LogP contribution in [0.25, 0.3) is 11.0 Å². The molecule has 0 fully saturated rings. The third-order valence-corrected chi connectivity index (χ3v) is 6.86. The quantitative estimate of drug-likeness (QED) is 0.472. The van der Waals surface area contributed by atoms with Gasteiger partial charge in [0.1, 0.15) is 6.10 Å². The Labute approximate surface area is 176 Å². The molecule has 2 aromatic carbocycles. The van der Waals surface area contributed by atoms with Crippen molar-refractivity contribution in [3.63, 3.8) is 0 Å². The lowest BCUT2D eigenvalue weighted by Crippen LogP contribution is -2.18. The Bertz CT molecular complexity index is 1270. The van der Waals surface area contributed by atoms with E-state index in [0.717, 1.165) is 8.45 Å². The lowest BCUT2D eigenvalue weighted by atomic mass is 10.1. The van der Waals surface area contributed by atoms with Crippen LogP contribution in [-0.2, 0) is 10.0 Å². The molecule has 2 heterocycles. The molecule has 1 atom stereocenters. The van der Waals surface area contributed by atoms with Gasteiger partial charge in [-0.05, 0) is 42.0 Å². The number of aliphatic hydroxyl groups is 1. The van der Waals surface area contributed by atoms with Crippen molar-refractivity contribution in [2.75, 3.05) is 7.11 Å². The Morgan fingerprint density at radius 2 is 1.72 bits per heavy atom. The molecule has 6 nitrogen and oxygen atoms in total. The zero-order valence-corrected chi connectivity index (χ0v) is 17.8. The van der Waals surface area contributed by atoms with Crippen LogP contribution in [0.15, 0.2) is 82.2 Å². The standard InChI is InChI=1S/C21H17BrN2O4S/c1-28-20-12-11-18-17(23-20)13-19(21(25)14-7-9-15(22)10-8-14)24(18)29(26,27)16-5-3-2-4-6-16/h2-13,21,25H,1H3. The summed E-state index contributed by atoms with van der Waals surface area (Å²) in [5, 5.41) is 11.0. The fourth-order valence-electron chi connectivity index (χ4n) is 3.15. The summed E-state index contributed by atoms with van der Waals surface area (Å²) in [6, 6.07) is 19.9. The van der Waals surface area contributed by atoms with Crippen LogP contribution in [0.1, 0.15) is 17.4 Å². The maximum absolute atomic E-state index is 13.5. The summed E-state index contributed by atoms with van der Waals surface area (Å²) in [4.78, 5) is 4.47. The van der Waals surface area contributed by atoms with Gasteiger partial charge in [0.2, 0.25) is 5.88 Å². The Morgan fingerprint density at radius 1 is 1.03 bits per heavy atom. The Kier molecular flexibility index (Phi) is 5.16. The van der Waals surface area contributed by atoms with Crippen LogP contribution in [0.2, 0.25) is 0 Å². The molecular formula is C21H17BrN2O4S. The predicted molar refractivity (Wildman–Crippen MR) is 114 cm³/mol. The smallest absolute Gasteiger partial charge is 0.268 e. The van der Waals surface area contributed by atoms with Gasteiger partial charge in [-0.25, -0.2) is 17.4 Å². The molecule has 0 spiro atoms. The van der Waals surface area contributed by atoms with E-state index < -0.39 is 16.1 Å². The molecule has 1 N–H and O–H groups in total. The van der Waals surface area contributed by atoms with Crippen molar-refractivity contribution >= 4 is 37.0 Å². The molecular weight excluding hydrogens is 456 g/mol. The number of hydrogen-bond donors (Lipinski definition) is 1. The molecule has 0 saturated heterocycles. The summed E-state index contributed by atoms with van der Waals surface area (Å²) in [7, 11) is -2.48. The number of halogens is 1. The molecule has 0 amide bonds. The minimum Gasteiger partial charge on any atom is -0.481 e. The first-order chi connectivity index (χ1) is 13.9. The van der Waals surface area contributed by atoms with Crippen LogP contribution < -0.4 is 4.74 Å². The van der Waals surface area contributed by atoms with Crippen LogP contribution >= 0.6 is 15.9 Å². The molecule has 0 saturated carbocycles. The molecule has 29 heavy (non-hydrogen) atoms. The summed E-state index contributed by atoms with van der Waals surface area (Å²) in [6.07, 6.45) is -1.17. The number of pyridine rings is 1. The molecule has 4 aromatic rings. The third-order valence-electron chi connectivity index (χ3n) is 4.57. The number of nitrogens with zero attached hydrogens (tertiary/aromatic N) is 2. The number of aliphatic hydroxyl groups excluding tert-OH is 1. The molecule has 4 rings (SSSR count). The molecule has 0 aliphatic carbocycles. The van der Waals surface area contributed by atoms with Crippen molar-refractivity contribution in [2.24, 2.45) is 0 Å². The van der Waals surface area contributed by atoms with Gasteiger partial charge in [-0.2, -0.15) is 0 Å². The highest BCUT2D eigenvalue weighted by Gasteiger charge is 2.27. The number of hydrogen-bond acceptors (Lipinski definition) is 5.